The molecule has 1 amide bonds. The largest absolute Gasteiger partial charge is 0.370 e. The van der Waals surface area contributed by atoms with Gasteiger partial charge in [0.25, 0.3) is 5.91 Å². The highest BCUT2D eigenvalue weighted by Crippen LogP contribution is 2.30. The molecular formula is C25H25N9O3S. The van der Waals surface area contributed by atoms with Gasteiger partial charge in [-0.1, -0.05) is 6.07 Å². The third kappa shape index (κ3) is 4.74. The average Bonchev–Trinajstić information content (AvgIpc) is 3.53. The first-order chi connectivity index (χ1) is 18.5. The molecule has 0 bridgehead atoms. The van der Waals surface area contributed by atoms with Crippen LogP contribution in [-0.4, -0.2) is 67.8 Å². The number of hydrogen-bond acceptors (Lipinski definition) is 11. The number of aromatic nitrogens is 6. The predicted molar refractivity (Wildman–Crippen MR) is 143 cm³/mol. The molecule has 38 heavy (non-hydrogen) atoms. The highest BCUT2D eigenvalue weighted by Gasteiger charge is 2.25. The fourth-order valence-electron chi connectivity index (χ4n) is 4.50. The van der Waals surface area contributed by atoms with Gasteiger partial charge in [-0.3, -0.25) is 10.0 Å². The van der Waals surface area contributed by atoms with E-state index in [0.717, 1.165) is 44.1 Å². The molecule has 13 heteroatoms. The van der Waals surface area contributed by atoms with Gasteiger partial charge in [-0.15, -0.1) is 11.3 Å². The molecule has 6 rings (SSSR count). The van der Waals surface area contributed by atoms with Gasteiger partial charge in [0.15, 0.2) is 0 Å². The molecular weight excluding hydrogens is 506 g/mol. The van der Waals surface area contributed by atoms with Gasteiger partial charge in [0.05, 0.1) is 52.7 Å². The van der Waals surface area contributed by atoms with Crippen LogP contribution in [0.15, 0.2) is 42.9 Å². The number of thiophene rings is 1. The number of H-pyrrole nitrogens is 1. The molecule has 5 heterocycles. The van der Waals surface area contributed by atoms with Crippen LogP contribution in [0.2, 0.25) is 0 Å². The number of benzene rings is 1. The summed E-state index contributed by atoms with van der Waals surface area (Å²) in [7, 11) is 1.87. The van der Waals surface area contributed by atoms with Gasteiger partial charge in [0, 0.05) is 30.9 Å². The van der Waals surface area contributed by atoms with Crippen LogP contribution in [0.25, 0.3) is 21.3 Å². The zero-order chi connectivity index (χ0) is 26.2. The van der Waals surface area contributed by atoms with Crippen LogP contribution < -0.4 is 15.3 Å². The first kappa shape index (κ1) is 24.2. The normalized spacial score (nSPS) is 15.8. The molecule has 1 saturated heterocycles. The Kier molecular flexibility index (Phi) is 6.31. The third-order valence-corrected chi connectivity index (χ3v) is 7.43. The number of aryl methyl sites for hydroxylation is 1. The van der Waals surface area contributed by atoms with E-state index in [1.165, 1.54) is 12.4 Å². The Bertz CT molecular complexity index is 1620. The summed E-state index contributed by atoms with van der Waals surface area (Å²) in [6.07, 6.45) is 4.53. The van der Waals surface area contributed by atoms with Gasteiger partial charge in [-0.25, -0.2) is 30.4 Å². The molecule has 0 saturated carbocycles. The number of morpholine rings is 1. The molecule has 194 valence electrons. The highest BCUT2D eigenvalue weighted by atomic mass is 32.1. The van der Waals surface area contributed by atoms with Crippen molar-refractivity contribution in [3.63, 3.8) is 0 Å². The second kappa shape index (κ2) is 9.93. The van der Waals surface area contributed by atoms with Crippen molar-refractivity contribution in [3.8, 4) is 0 Å². The van der Waals surface area contributed by atoms with E-state index in [9.17, 15) is 4.79 Å². The van der Waals surface area contributed by atoms with E-state index in [2.05, 4.69) is 48.0 Å². The van der Waals surface area contributed by atoms with E-state index in [0.29, 0.717) is 31.6 Å². The average molecular weight is 532 g/mol. The Balaban J connectivity index is 1.16. The Morgan fingerprint density at radius 3 is 2.87 bits per heavy atom. The fraction of sp³-hybridized carbons (Fsp3) is 0.280. The van der Waals surface area contributed by atoms with Gasteiger partial charge in [-0.2, -0.15) is 0 Å². The summed E-state index contributed by atoms with van der Waals surface area (Å²) in [5.41, 5.74) is 5.69. The number of nitrogens with one attached hydrogen (secondary N) is 2. The number of carbonyl (C=O) groups is 1. The van der Waals surface area contributed by atoms with Gasteiger partial charge >= 0.3 is 0 Å². The van der Waals surface area contributed by atoms with E-state index >= 15 is 0 Å². The van der Waals surface area contributed by atoms with Crippen LogP contribution in [0.3, 0.4) is 0 Å². The molecule has 1 unspecified atom stereocenters. The molecule has 0 spiro atoms. The van der Waals surface area contributed by atoms with Crippen molar-refractivity contribution >= 4 is 50.4 Å². The van der Waals surface area contributed by atoms with E-state index < -0.39 is 5.91 Å². The highest BCUT2D eigenvalue weighted by molar-refractivity contribution is 7.19. The standard InChI is InChI=1S/C25H25N9O3S/c1-14-29-18-4-3-15(7-19(18)30-14)21-13-34(5-6-37-21)25-28-11-22-20(31-25)8-17(38-22)12-33(2)24-26-9-16(10-27-24)23(35)32-36/h3-4,7-11,21,36H,5-6,12-13H2,1-2H3,(H,29,30)(H,32,35). The van der Waals surface area contributed by atoms with E-state index in [-0.39, 0.29) is 11.7 Å². The Morgan fingerprint density at radius 1 is 1.21 bits per heavy atom. The monoisotopic (exact) mass is 531 g/mol. The number of rotatable bonds is 6. The molecule has 3 N–H and O–H groups in total. The summed E-state index contributed by atoms with van der Waals surface area (Å²) in [5.74, 6) is 1.39. The molecule has 5 aromatic rings. The van der Waals surface area contributed by atoms with Gasteiger partial charge in [0.2, 0.25) is 11.9 Å². The molecule has 0 radical (unpaired) electrons. The van der Waals surface area contributed by atoms with Crippen LogP contribution in [0.4, 0.5) is 11.9 Å². The first-order valence-electron chi connectivity index (χ1n) is 12.0. The van der Waals surface area contributed by atoms with Gasteiger partial charge < -0.3 is 19.5 Å². The molecule has 1 atom stereocenters. The van der Waals surface area contributed by atoms with Gasteiger partial charge in [-0.05, 0) is 30.7 Å². The fourth-order valence-corrected chi connectivity index (χ4v) is 5.53. The van der Waals surface area contributed by atoms with Crippen molar-refractivity contribution in [2.24, 2.45) is 0 Å². The summed E-state index contributed by atoms with van der Waals surface area (Å²) in [6.45, 7) is 4.48. The summed E-state index contributed by atoms with van der Waals surface area (Å²) >= 11 is 1.62. The molecule has 12 nitrogen and oxygen atoms in total. The van der Waals surface area contributed by atoms with Crippen LogP contribution in [0.1, 0.15) is 32.7 Å². The van der Waals surface area contributed by atoms with E-state index in [4.69, 9.17) is 14.9 Å². The van der Waals surface area contributed by atoms with Gasteiger partial charge in [0.1, 0.15) is 11.9 Å². The third-order valence-electron chi connectivity index (χ3n) is 6.39. The first-order valence-corrected chi connectivity index (χ1v) is 12.8. The smallest absolute Gasteiger partial charge is 0.277 e. The van der Waals surface area contributed by atoms with E-state index in [1.54, 1.807) is 16.8 Å². The quantitative estimate of drug-likeness (QED) is 0.221. The zero-order valence-electron chi connectivity index (χ0n) is 20.7. The lowest BCUT2D eigenvalue weighted by atomic mass is 10.1. The molecule has 1 aliphatic heterocycles. The number of amides is 1. The topological polar surface area (TPSA) is 145 Å². The lowest BCUT2D eigenvalue weighted by Crippen LogP contribution is -2.39. The van der Waals surface area contributed by atoms with Crippen molar-refractivity contribution in [2.75, 3.05) is 36.5 Å². The maximum Gasteiger partial charge on any atom is 0.277 e. The van der Waals surface area contributed by atoms with Crippen molar-refractivity contribution in [1.82, 2.24) is 35.4 Å². The number of nitrogens with zero attached hydrogens (tertiary/aromatic N) is 7. The second-order valence-electron chi connectivity index (χ2n) is 9.11. The maximum atomic E-state index is 11.5. The molecule has 1 aromatic carbocycles. The Hall–Kier alpha value is -4.20. The SMILES string of the molecule is Cc1nc2ccc(C3CN(c4ncc5sc(CN(C)c6ncc(C(=O)NO)cn6)cc5n4)CCO3)cc2[nH]1. The summed E-state index contributed by atoms with van der Waals surface area (Å²) in [6, 6.07) is 8.25. The lowest BCUT2D eigenvalue weighted by molar-refractivity contribution is 0.0393. The Labute approximate surface area is 221 Å². The predicted octanol–water partition coefficient (Wildman–Crippen LogP) is 3.00. The van der Waals surface area contributed by atoms with Crippen molar-refractivity contribution in [2.45, 2.75) is 19.6 Å². The molecule has 4 aromatic heterocycles. The summed E-state index contributed by atoms with van der Waals surface area (Å²) < 4.78 is 7.09. The zero-order valence-corrected chi connectivity index (χ0v) is 21.6. The summed E-state index contributed by atoms with van der Waals surface area (Å²) in [4.78, 5) is 42.3. The number of carbonyl (C=O) groups excluding carboxylic acids is 1. The van der Waals surface area contributed by atoms with Crippen LogP contribution >= 0.6 is 11.3 Å². The van der Waals surface area contributed by atoms with E-state index in [1.807, 2.05) is 31.1 Å². The number of hydrogen-bond donors (Lipinski definition) is 3. The van der Waals surface area contributed by atoms with Crippen molar-refractivity contribution in [3.05, 3.63) is 64.7 Å². The summed E-state index contributed by atoms with van der Waals surface area (Å²) in [5, 5.41) is 8.75. The van der Waals surface area contributed by atoms with Crippen molar-refractivity contribution in [1.29, 1.82) is 0 Å². The lowest BCUT2D eigenvalue weighted by Gasteiger charge is -2.33. The molecule has 1 fully saturated rings. The molecule has 0 aliphatic carbocycles. The Morgan fingerprint density at radius 2 is 2.05 bits per heavy atom. The second-order valence-corrected chi connectivity index (χ2v) is 10.3. The minimum atomic E-state index is -0.654. The minimum Gasteiger partial charge on any atom is -0.370 e. The van der Waals surface area contributed by atoms with Crippen LogP contribution in [0.5, 0.6) is 0 Å². The minimum absolute atomic E-state index is 0.0856. The number of ether oxygens (including phenoxy) is 1. The maximum absolute atomic E-state index is 11.5. The number of anilines is 2. The van der Waals surface area contributed by atoms with Crippen molar-refractivity contribution < 1.29 is 14.7 Å². The number of fused-ring (bicyclic) bond motifs is 2. The van der Waals surface area contributed by atoms with Crippen LogP contribution in [-0.2, 0) is 11.3 Å². The number of imidazole rings is 1. The van der Waals surface area contributed by atoms with Crippen LogP contribution in [0, 0.1) is 6.92 Å². The molecule has 1 aliphatic rings. The number of aromatic amines is 1. The number of hydroxylamine groups is 1.